The monoisotopic (exact) mass is 302 g/mol. The van der Waals surface area contributed by atoms with E-state index < -0.39 is 17.7 Å². The summed E-state index contributed by atoms with van der Waals surface area (Å²) in [5, 5.41) is 1.29. The van der Waals surface area contributed by atoms with Crippen molar-refractivity contribution in [3.63, 3.8) is 0 Å². The maximum absolute atomic E-state index is 11.8. The minimum atomic E-state index is -0.749. The summed E-state index contributed by atoms with van der Waals surface area (Å²) in [6, 6.07) is 6.27. The third-order valence-electron chi connectivity index (χ3n) is 3.40. The van der Waals surface area contributed by atoms with Crippen LogP contribution in [0.25, 0.3) is 21.9 Å². The molecule has 0 fully saturated rings. The quantitative estimate of drug-likeness (QED) is 0.544. The van der Waals surface area contributed by atoms with E-state index in [0.29, 0.717) is 34.1 Å². The van der Waals surface area contributed by atoms with Gasteiger partial charge in [0.1, 0.15) is 16.9 Å². The van der Waals surface area contributed by atoms with E-state index in [-0.39, 0.29) is 0 Å². The number of furan rings is 1. The maximum Gasteiger partial charge on any atom is 0.347 e. The smallest absolute Gasteiger partial charge is 0.347 e. The van der Waals surface area contributed by atoms with Crippen molar-refractivity contribution in [3.05, 3.63) is 40.9 Å². The van der Waals surface area contributed by atoms with Gasteiger partial charge >= 0.3 is 11.6 Å². The van der Waals surface area contributed by atoms with E-state index in [1.807, 2.05) is 6.92 Å². The molecule has 0 amide bonds. The zero-order chi connectivity index (χ0) is 15.7. The maximum atomic E-state index is 11.8. The molecule has 1 atom stereocenters. The summed E-state index contributed by atoms with van der Waals surface area (Å²) in [7, 11) is 1.31. The van der Waals surface area contributed by atoms with Crippen LogP contribution in [-0.4, -0.2) is 19.2 Å². The molecule has 0 N–H and O–H groups in total. The predicted molar refractivity (Wildman–Crippen MR) is 79.0 cm³/mol. The Kier molecular flexibility index (Phi) is 3.58. The zero-order valence-electron chi connectivity index (χ0n) is 12.1. The molecule has 6 heteroatoms. The molecule has 22 heavy (non-hydrogen) atoms. The number of esters is 1. The molecule has 114 valence electrons. The number of carbonyl (C=O) groups excluding carboxylic acids is 1. The normalized spacial score (nSPS) is 12.5. The summed E-state index contributed by atoms with van der Waals surface area (Å²) >= 11 is 0. The topological polar surface area (TPSA) is 78.9 Å². The Hall–Kier alpha value is -2.76. The third kappa shape index (κ3) is 2.32. The minimum absolute atomic E-state index is 0.338. The Morgan fingerprint density at radius 3 is 2.73 bits per heavy atom. The van der Waals surface area contributed by atoms with E-state index in [1.54, 1.807) is 18.2 Å². The summed E-state index contributed by atoms with van der Waals surface area (Å²) in [5.41, 5.74) is 0.380. The van der Waals surface area contributed by atoms with Gasteiger partial charge in [0, 0.05) is 12.1 Å². The Balaban J connectivity index is 2.21. The largest absolute Gasteiger partial charge is 0.477 e. The number of rotatable bonds is 4. The Bertz CT molecular complexity index is 888. The molecular weight excluding hydrogens is 288 g/mol. The molecule has 6 nitrogen and oxygen atoms in total. The molecule has 1 aromatic carbocycles. The van der Waals surface area contributed by atoms with Crippen LogP contribution in [0.5, 0.6) is 5.75 Å². The van der Waals surface area contributed by atoms with Crippen LogP contribution in [0.15, 0.2) is 44.2 Å². The highest BCUT2D eigenvalue weighted by Gasteiger charge is 2.22. The van der Waals surface area contributed by atoms with Crippen molar-refractivity contribution in [2.24, 2.45) is 0 Å². The van der Waals surface area contributed by atoms with Crippen LogP contribution in [0, 0.1) is 0 Å². The lowest BCUT2D eigenvalue weighted by atomic mass is 10.1. The molecule has 1 unspecified atom stereocenters. The van der Waals surface area contributed by atoms with Gasteiger partial charge in [-0.3, -0.25) is 0 Å². The summed E-state index contributed by atoms with van der Waals surface area (Å²) in [5.74, 6) is -0.0317. The van der Waals surface area contributed by atoms with E-state index in [1.165, 1.54) is 19.4 Å². The van der Waals surface area contributed by atoms with Gasteiger partial charge in [-0.15, -0.1) is 0 Å². The van der Waals surface area contributed by atoms with E-state index >= 15 is 0 Å². The average Bonchev–Trinajstić information content (AvgIpc) is 2.98. The second-order valence-electron chi connectivity index (χ2n) is 4.74. The van der Waals surface area contributed by atoms with E-state index in [4.69, 9.17) is 18.3 Å². The molecular formula is C16H14O6. The number of carbonyl (C=O) groups is 1. The molecule has 2 aromatic heterocycles. The molecule has 3 rings (SSSR count). The van der Waals surface area contributed by atoms with Crippen LogP contribution < -0.4 is 10.4 Å². The van der Waals surface area contributed by atoms with Gasteiger partial charge in [0.2, 0.25) is 0 Å². The fourth-order valence-corrected chi connectivity index (χ4v) is 2.31. The average molecular weight is 302 g/mol. The van der Waals surface area contributed by atoms with Crippen molar-refractivity contribution in [2.75, 3.05) is 7.11 Å². The highest BCUT2D eigenvalue weighted by atomic mass is 16.6. The van der Waals surface area contributed by atoms with Gasteiger partial charge in [-0.2, -0.15) is 0 Å². The second-order valence-corrected chi connectivity index (χ2v) is 4.74. The van der Waals surface area contributed by atoms with Crippen molar-refractivity contribution < 1.29 is 23.1 Å². The molecule has 0 saturated heterocycles. The Morgan fingerprint density at radius 2 is 2.00 bits per heavy atom. The standard InChI is InChI=1S/C16H14O6/c1-3-11(16(18)19-2)22-15-9-4-5-14(17)21-13(9)8-12-10(15)6-7-20-12/h4-8,11H,3H2,1-2H3. The first-order valence-electron chi connectivity index (χ1n) is 6.82. The fourth-order valence-electron chi connectivity index (χ4n) is 2.31. The lowest BCUT2D eigenvalue weighted by Crippen LogP contribution is -2.27. The van der Waals surface area contributed by atoms with Gasteiger partial charge in [-0.05, 0) is 18.6 Å². The Labute approximate surface area is 125 Å². The van der Waals surface area contributed by atoms with Gasteiger partial charge in [0.15, 0.2) is 6.10 Å². The SMILES string of the molecule is CCC(Oc1c2ccoc2cc2oc(=O)ccc12)C(=O)OC. The highest BCUT2D eigenvalue weighted by molar-refractivity contribution is 6.01. The van der Waals surface area contributed by atoms with Crippen LogP contribution in [0.3, 0.4) is 0 Å². The molecule has 3 aromatic rings. The van der Waals surface area contributed by atoms with Crippen molar-refractivity contribution in [1.29, 1.82) is 0 Å². The van der Waals surface area contributed by atoms with Gasteiger partial charge in [-0.1, -0.05) is 6.92 Å². The first kappa shape index (κ1) is 14.2. The molecule has 2 heterocycles. The number of methoxy groups -OCH3 is 1. The third-order valence-corrected chi connectivity index (χ3v) is 3.40. The summed E-state index contributed by atoms with van der Waals surface area (Å²) in [4.78, 5) is 23.2. The molecule has 0 bridgehead atoms. The number of hydrogen-bond donors (Lipinski definition) is 0. The molecule has 0 aliphatic carbocycles. The number of hydrogen-bond acceptors (Lipinski definition) is 6. The lowest BCUT2D eigenvalue weighted by Gasteiger charge is -2.17. The zero-order valence-corrected chi connectivity index (χ0v) is 12.1. The van der Waals surface area contributed by atoms with E-state index in [2.05, 4.69) is 0 Å². The van der Waals surface area contributed by atoms with Gasteiger partial charge in [0.05, 0.1) is 24.1 Å². The van der Waals surface area contributed by atoms with Crippen molar-refractivity contribution in [2.45, 2.75) is 19.4 Å². The van der Waals surface area contributed by atoms with Crippen LogP contribution in [0.1, 0.15) is 13.3 Å². The molecule has 0 aliphatic heterocycles. The molecule has 0 aliphatic rings. The summed E-state index contributed by atoms with van der Waals surface area (Å²) < 4.78 is 21.1. The molecule has 0 spiro atoms. The van der Waals surface area contributed by atoms with E-state index in [0.717, 1.165) is 0 Å². The first-order chi connectivity index (χ1) is 10.6. The van der Waals surface area contributed by atoms with Crippen LogP contribution >= 0.6 is 0 Å². The van der Waals surface area contributed by atoms with Crippen LogP contribution in [0.4, 0.5) is 0 Å². The second kappa shape index (κ2) is 5.55. The van der Waals surface area contributed by atoms with Gasteiger partial charge < -0.3 is 18.3 Å². The fraction of sp³-hybridized carbons (Fsp3) is 0.250. The summed E-state index contributed by atoms with van der Waals surface area (Å²) in [6.45, 7) is 1.82. The van der Waals surface area contributed by atoms with Crippen molar-refractivity contribution in [3.8, 4) is 5.75 Å². The molecule has 0 radical (unpaired) electrons. The Morgan fingerprint density at radius 1 is 1.23 bits per heavy atom. The van der Waals surface area contributed by atoms with Crippen LogP contribution in [0.2, 0.25) is 0 Å². The van der Waals surface area contributed by atoms with Gasteiger partial charge in [0.25, 0.3) is 0 Å². The van der Waals surface area contributed by atoms with Crippen molar-refractivity contribution >= 4 is 27.9 Å². The van der Waals surface area contributed by atoms with Gasteiger partial charge in [-0.25, -0.2) is 9.59 Å². The number of ether oxygens (including phenoxy) is 2. The summed E-state index contributed by atoms with van der Waals surface area (Å²) in [6.07, 6.45) is 1.20. The lowest BCUT2D eigenvalue weighted by molar-refractivity contribution is -0.148. The number of benzene rings is 1. The predicted octanol–water partition coefficient (Wildman–Crippen LogP) is 2.87. The highest BCUT2D eigenvalue weighted by Crippen LogP contribution is 2.35. The minimum Gasteiger partial charge on any atom is -0.477 e. The number of fused-ring (bicyclic) bond motifs is 2. The molecule has 0 saturated carbocycles. The first-order valence-corrected chi connectivity index (χ1v) is 6.82. The van der Waals surface area contributed by atoms with Crippen molar-refractivity contribution in [1.82, 2.24) is 0 Å². The van der Waals surface area contributed by atoms with E-state index in [9.17, 15) is 9.59 Å². The van der Waals surface area contributed by atoms with Crippen LogP contribution in [-0.2, 0) is 9.53 Å².